The van der Waals surface area contributed by atoms with E-state index in [2.05, 4.69) is 6.92 Å². The summed E-state index contributed by atoms with van der Waals surface area (Å²) >= 11 is 0. The fraction of sp³-hybridized carbons (Fsp3) is 0.579. The Balaban J connectivity index is 1.68. The standard InChI is InChI=1S/C19H26N2O3/c1-4-15-5-7-17(8-6-15)21-12-16(9-18(21)22)19(23)20-10-13(2)24-14(3)11-20/h5-8,13-14,16H,4,9-12H2,1-3H3. The number of aryl methyl sites for hydroxylation is 1. The van der Waals surface area contributed by atoms with Crippen molar-refractivity contribution in [2.24, 2.45) is 5.92 Å². The minimum Gasteiger partial charge on any atom is -0.372 e. The third-order valence-corrected chi connectivity index (χ3v) is 4.86. The van der Waals surface area contributed by atoms with Gasteiger partial charge in [0.05, 0.1) is 18.1 Å². The first-order valence-electron chi connectivity index (χ1n) is 8.81. The van der Waals surface area contributed by atoms with E-state index < -0.39 is 0 Å². The quantitative estimate of drug-likeness (QED) is 0.854. The number of benzene rings is 1. The van der Waals surface area contributed by atoms with Crippen LogP contribution < -0.4 is 4.90 Å². The fourth-order valence-corrected chi connectivity index (χ4v) is 3.65. The summed E-state index contributed by atoms with van der Waals surface area (Å²) in [4.78, 5) is 28.8. The first-order valence-corrected chi connectivity index (χ1v) is 8.81. The molecule has 0 aliphatic carbocycles. The monoisotopic (exact) mass is 330 g/mol. The van der Waals surface area contributed by atoms with Gasteiger partial charge in [-0.3, -0.25) is 9.59 Å². The highest BCUT2D eigenvalue weighted by Crippen LogP contribution is 2.27. The van der Waals surface area contributed by atoms with Crippen LogP contribution in [-0.4, -0.2) is 48.6 Å². The first-order chi connectivity index (χ1) is 11.5. The maximum Gasteiger partial charge on any atom is 0.228 e. The third kappa shape index (κ3) is 3.46. The highest BCUT2D eigenvalue weighted by atomic mass is 16.5. The number of amides is 2. The molecule has 3 atom stereocenters. The SMILES string of the molecule is CCc1ccc(N2CC(C(=O)N3CC(C)OC(C)C3)CC2=O)cc1. The lowest BCUT2D eigenvalue weighted by molar-refractivity contribution is -0.147. The van der Waals surface area contributed by atoms with Crippen LogP contribution in [-0.2, 0) is 20.7 Å². The van der Waals surface area contributed by atoms with Crippen molar-refractivity contribution in [3.05, 3.63) is 29.8 Å². The van der Waals surface area contributed by atoms with Crippen molar-refractivity contribution in [1.82, 2.24) is 4.90 Å². The summed E-state index contributed by atoms with van der Waals surface area (Å²) in [6, 6.07) is 8.04. The molecule has 0 saturated carbocycles. The van der Waals surface area contributed by atoms with Crippen molar-refractivity contribution in [3.63, 3.8) is 0 Å². The molecular formula is C19H26N2O3. The maximum absolute atomic E-state index is 12.8. The molecule has 3 unspecified atom stereocenters. The summed E-state index contributed by atoms with van der Waals surface area (Å²) in [6.07, 6.45) is 1.37. The Morgan fingerprint density at radius 3 is 2.33 bits per heavy atom. The molecule has 2 saturated heterocycles. The highest BCUT2D eigenvalue weighted by Gasteiger charge is 2.38. The summed E-state index contributed by atoms with van der Waals surface area (Å²) in [7, 11) is 0. The Kier molecular flexibility index (Phi) is 4.90. The minimum absolute atomic E-state index is 0.0342. The van der Waals surface area contributed by atoms with Crippen LogP contribution in [0.5, 0.6) is 0 Å². The van der Waals surface area contributed by atoms with E-state index in [9.17, 15) is 9.59 Å². The van der Waals surface area contributed by atoms with Crippen LogP contribution in [0.15, 0.2) is 24.3 Å². The van der Waals surface area contributed by atoms with Gasteiger partial charge in [-0.15, -0.1) is 0 Å². The lowest BCUT2D eigenvalue weighted by Crippen LogP contribution is -2.50. The van der Waals surface area contributed by atoms with Gasteiger partial charge in [-0.25, -0.2) is 0 Å². The number of hydrogen-bond acceptors (Lipinski definition) is 3. The lowest BCUT2D eigenvalue weighted by Gasteiger charge is -2.36. The van der Waals surface area contributed by atoms with Gasteiger partial charge in [0.25, 0.3) is 0 Å². The summed E-state index contributed by atoms with van der Waals surface area (Å²) in [5, 5.41) is 0. The average Bonchev–Trinajstić information content (AvgIpc) is 2.95. The molecule has 0 bridgehead atoms. The zero-order valence-electron chi connectivity index (χ0n) is 14.7. The molecule has 2 heterocycles. The average molecular weight is 330 g/mol. The summed E-state index contributed by atoms with van der Waals surface area (Å²) in [6.45, 7) is 7.77. The third-order valence-electron chi connectivity index (χ3n) is 4.86. The summed E-state index contributed by atoms with van der Waals surface area (Å²) < 4.78 is 5.69. The summed E-state index contributed by atoms with van der Waals surface area (Å²) in [5.74, 6) is -0.133. The molecule has 0 aromatic heterocycles. The van der Waals surface area contributed by atoms with Crippen molar-refractivity contribution in [3.8, 4) is 0 Å². The van der Waals surface area contributed by atoms with Crippen molar-refractivity contribution < 1.29 is 14.3 Å². The number of rotatable bonds is 3. The number of carbonyl (C=O) groups is 2. The van der Waals surface area contributed by atoms with E-state index in [1.54, 1.807) is 4.90 Å². The molecule has 24 heavy (non-hydrogen) atoms. The van der Waals surface area contributed by atoms with Crippen LogP contribution in [0.3, 0.4) is 0 Å². The molecule has 5 heteroatoms. The van der Waals surface area contributed by atoms with E-state index in [-0.39, 0.29) is 29.9 Å². The van der Waals surface area contributed by atoms with E-state index in [0.717, 1.165) is 12.1 Å². The Morgan fingerprint density at radius 2 is 1.75 bits per heavy atom. The normalized spacial score (nSPS) is 27.6. The molecular weight excluding hydrogens is 304 g/mol. The Labute approximate surface area is 143 Å². The van der Waals surface area contributed by atoms with Crippen molar-refractivity contribution in [1.29, 1.82) is 0 Å². The Morgan fingerprint density at radius 1 is 1.12 bits per heavy atom. The summed E-state index contributed by atoms with van der Waals surface area (Å²) in [5.41, 5.74) is 2.13. The van der Waals surface area contributed by atoms with E-state index in [1.165, 1.54) is 5.56 Å². The molecule has 2 aliphatic heterocycles. The lowest BCUT2D eigenvalue weighted by atomic mass is 10.1. The van der Waals surface area contributed by atoms with Gasteiger partial charge in [0.15, 0.2) is 0 Å². The molecule has 5 nitrogen and oxygen atoms in total. The van der Waals surface area contributed by atoms with E-state index in [0.29, 0.717) is 26.1 Å². The van der Waals surface area contributed by atoms with Crippen LogP contribution in [0.1, 0.15) is 32.8 Å². The molecule has 1 aromatic rings. The molecule has 1 aromatic carbocycles. The second-order valence-electron chi connectivity index (χ2n) is 6.93. The topological polar surface area (TPSA) is 49.9 Å². The van der Waals surface area contributed by atoms with Gasteiger partial charge in [0, 0.05) is 31.7 Å². The van der Waals surface area contributed by atoms with Gasteiger partial charge in [0.1, 0.15) is 0 Å². The molecule has 0 radical (unpaired) electrons. The van der Waals surface area contributed by atoms with Crippen LogP contribution in [0.2, 0.25) is 0 Å². The molecule has 3 rings (SSSR count). The number of hydrogen-bond donors (Lipinski definition) is 0. The molecule has 0 N–H and O–H groups in total. The van der Waals surface area contributed by atoms with E-state index in [1.807, 2.05) is 43.0 Å². The highest BCUT2D eigenvalue weighted by molar-refractivity contribution is 6.00. The largest absolute Gasteiger partial charge is 0.372 e. The van der Waals surface area contributed by atoms with Gasteiger partial charge in [-0.1, -0.05) is 19.1 Å². The number of carbonyl (C=O) groups excluding carboxylic acids is 2. The van der Waals surface area contributed by atoms with Gasteiger partial charge in [-0.05, 0) is 38.0 Å². The zero-order valence-corrected chi connectivity index (χ0v) is 14.7. The van der Waals surface area contributed by atoms with Crippen LogP contribution >= 0.6 is 0 Å². The van der Waals surface area contributed by atoms with Crippen LogP contribution in [0.25, 0.3) is 0 Å². The van der Waals surface area contributed by atoms with Crippen molar-refractivity contribution >= 4 is 17.5 Å². The van der Waals surface area contributed by atoms with Crippen LogP contribution in [0.4, 0.5) is 5.69 Å². The van der Waals surface area contributed by atoms with E-state index >= 15 is 0 Å². The van der Waals surface area contributed by atoms with Crippen molar-refractivity contribution in [2.45, 2.75) is 45.8 Å². The second-order valence-corrected chi connectivity index (χ2v) is 6.93. The van der Waals surface area contributed by atoms with Gasteiger partial charge in [-0.2, -0.15) is 0 Å². The fourth-order valence-electron chi connectivity index (χ4n) is 3.65. The zero-order chi connectivity index (χ0) is 17.3. The molecule has 130 valence electrons. The van der Waals surface area contributed by atoms with E-state index in [4.69, 9.17) is 4.74 Å². The smallest absolute Gasteiger partial charge is 0.228 e. The van der Waals surface area contributed by atoms with Gasteiger partial charge < -0.3 is 14.5 Å². The second kappa shape index (κ2) is 6.93. The number of anilines is 1. The maximum atomic E-state index is 12.8. The number of morpholine rings is 1. The number of ether oxygens (including phenoxy) is 1. The molecule has 0 spiro atoms. The molecule has 2 fully saturated rings. The van der Waals surface area contributed by atoms with Gasteiger partial charge in [0.2, 0.25) is 11.8 Å². The Bertz CT molecular complexity index is 604. The molecule has 2 aliphatic rings. The number of nitrogens with zero attached hydrogens (tertiary/aromatic N) is 2. The first kappa shape index (κ1) is 17.0. The Hall–Kier alpha value is -1.88. The minimum atomic E-state index is -0.249. The predicted octanol–water partition coefficient (Wildman–Crippen LogP) is 2.24. The van der Waals surface area contributed by atoms with Crippen molar-refractivity contribution in [2.75, 3.05) is 24.5 Å². The predicted molar refractivity (Wildman–Crippen MR) is 92.9 cm³/mol. The van der Waals surface area contributed by atoms with Crippen LogP contribution in [0, 0.1) is 5.92 Å². The van der Waals surface area contributed by atoms with Gasteiger partial charge >= 0.3 is 0 Å². The molecule has 2 amide bonds.